The first-order valence-corrected chi connectivity index (χ1v) is 9.34. The molecule has 26 heavy (non-hydrogen) atoms. The molecule has 8 nitrogen and oxygen atoms in total. The fourth-order valence-corrected chi connectivity index (χ4v) is 3.87. The summed E-state index contributed by atoms with van der Waals surface area (Å²) in [6.45, 7) is 5.77. The number of hydrogen-bond acceptors (Lipinski definition) is 5. The van der Waals surface area contributed by atoms with Crippen LogP contribution >= 0.6 is 0 Å². The van der Waals surface area contributed by atoms with Crippen molar-refractivity contribution in [3.05, 3.63) is 17.0 Å². The summed E-state index contributed by atoms with van der Waals surface area (Å²) in [5, 5.41) is 14.0. The highest BCUT2D eigenvalue weighted by molar-refractivity contribution is 5.89. The molecule has 0 radical (unpaired) electrons. The minimum atomic E-state index is -0.259. The Hall–Kier alpha value is -1.93. The monoisotopic (exact) mass is 363 g/mol. The Kier molecular flexibility index (Phi) is 5.62. The zero-order valence-electron chi connectivity index (χ0n) is 15.9. The van der Waals surface area contributed by atoms with Crippen LogP contribution in [0.2, 0.25) is 0 Å². The molecule has 1 saturated heterocycles. The molecule has 3 heterocycles. The van der Waals surface area contributed by atoms with E-state index < -0.39 is 0 Å². The number of carbonyl (C=O) groups is 2. The lowest BCUT2D eigenvalue weighted by Gasteiger charge is -2.30. The minimum Gasteiger partial charge on any atom is -0.390 e. The Labute approximate surface area is 154 Å². The van der Waals surface area contributed by atoms with Gasteiger partial charge in [0, 0.05) is 63.4 Å². The second kappa shape index (κ2) is 7.75. The number of aromatic nitrogens is 2. The third-order valence-corrected chi connectivity index (χ3v) is 5.36. The molecule has 2 aliphatic rings. The van der Waals surface area contributed by atoms with Crippen LogP contribution in [0, 0.1) is 5.92 Å². The van der Waals surface area contributed by atoms with E-state index in [1.165, 1.54) is 0 Å². The molecule has 1 aromatic heterocycles. The van der Waals surface area contributed by atoms with Gasteiger partial charge in [0.05, 0.1) is 18.2 Å². The number of carbonyl (C=O) groups excluding carboxylic acids is 2. The maximum atomic E-state index is 13.0. The maximum Gasteiger partial charge on any atom is 0.228 e. The Morgan fingerprint density at radius 3 is 2.81 bits per heavy atom. The molecule has 0 bridgehead atoms. The van der Waals surface area contributed by atoms with E-state index in [1.807, 2.05) is 35.5 Å². The summed E-state index contributed by atoms with van der Waals surface area (Å²) in [4.78, 5) is 30.8. The number of hydrogen-bond donors (Lipinski definition) is 1. The predicted octanol–water partition coefficient (Wildman–Crippen LogP) is -0.310. The summed E-state index contributed by atoms with van der Waals surface area (Å²) < 4.78 is 1.92. The fourth-order valence-electron chi connectivity index (χ4n) is 3.87. The van der Waals surface area contributed by atoms with Crippen LogP contribution in [0.5, 0.6) is 0 Å². The van der Waals surface area contributed by atoms with E-state index in [2.05, 4.69) is 5.10 Å². The number of aliphatic hydroxyl groups excluding tert-OH is 1. The topological polar surface area (TPSA) is 81.9 Å². The average molecular weight is 363 g/mol. The normalized spacial score (nSPS) is 20.2. The minimum absolute atomic E-state index is 0.0458. The molecule has 2 aliphatic heterocycles. The van der Waals surface area contributed by atoms with Gasteiger partial charge < -0.3 is 19.8 Å². The van der Waals surface area contributed by atoms with Gasteiger partial charge in [0.2, 0.25) is 11.8 Å². The molecule has 0 saturated carbocycles. The summed E-state index contributed by atoms with van der Waals surface area (Å²) >= 11 is 0. The van der Waals surface area contributed by atoms with E-state index in [-0.39, 0.29) is 24.3 Å². The summed E-state index contributed by atoms with van der Waals surface area (Å²) in [5.41, 5.74) is 2.76. The number of amides is 2. The quantitative estimate of drug-likeness (QED) is 0.750. The number of nitrogens with zero attached hydrogens (tertiary/aromatic N) is 5. The smallest absolute Gasteiger partial charge is 0.228 e. The number of aliphatic hydroxyl groups is 1. The largest absolute Gasteiger partial charge is 0.390 e. The third-order valence-electron chi connectivity index (χ3n) is 5.36. The van der Waals surface area contributed by atoms with Crippen molar-refractivity contribution >= 4 is 11.8 Å². The van der Waals surface area contributed by atoms with E-state index >= 15 is 0 Å². The van der Waals surface area contributed by atoms with Crippen molar-refractivity contribution in [2.75, 3.05) is 40.3 Å². The molecule has 1 aromatic rings. The summed E-state index contributed by atoms with van der Waals surface area (Å²) in [7, 11) is 3.95. The highest BCUT2D eigenvalue weighted by Crippen LogP contribution is 2.26. The van der Waals surface area contributed by atoms with Crippen LogP contribution < -0.4 is 0 Å². The van der Waals surface area contributed by atoms with E-state index in [0.717, 1.165) is 30.8 Å². The van der Waals surface area contributed by atoms with Crippen LogP contribution in [0.25, 0.3) is 0 Å². The fraction of sp³-hybridized carbons (Fsp3) is 0.722. The first-order chi connectivity index (χ1) is 12.4. The molecule has 8 heteroatoms. The van der Waals surface area contributed by atoms with Crippen molar-refractivity contribution < 1.29 is 14.7 Å². The number of rotatable bonds is 6. The second-order valence-corrected chi connectivity index (χ2v) is 7.40. The van der Waals surface area contributed by atoms with E-state index in [0.29, 0.717) is 38.3 Å². The van der Waals surface area contributed by atoms with Gasteiger partial charge in [-0.05, 0) is 21.0 Å². The van der Waals surface area contributed by atoms with Crippen LogP contribution in [-0.4, -0.2) is 81.7 Å². The van der Waals surface area contributed by atoms with Crippen molar-refractivity contribution in [1.82, 2.24) is 24.5 Å². The molecule has 0 spiro atoms. The van der Waals surface area contributed by atoms with Crippen LogP contribution in [-0.2, 0) is 35.7 Å². The molecule has 3 rings (SSSR count). The van der Waals surface area contributed by atoms with Gasteiger partial charge in [0.25, 0.3) is 0 Å². The Morgan fingerprint density at radius 1 is 1.38 bits per heavy atom. The Balaban J connectivity index is 1.66. The molecule has 1 atom stereocenters. The van der Waals surface area contributed by atoms with Crippen LogP contribution in [0.1, 0.15) is 30.3 Å². The molecule has 0 aromatic carbocycles. The molecule has 144 valence electrons. The van der Waals surface area contributed by atoms with Crippen LogP contribution in [0.15, 0.2) is 0 Å². The van der Waals surface area contributed by atoms with Gasteiger partial charge in [-0.15, -0.1) is 0 Å². The third kappa shape index (κ3) is 3.61. The number of likely N-dealkylation sites (tertiary alicyclic amines) is 1. The van der Waals surface area contributed by atoms with Crippen LogP contribution in [0.3, 0.4) is 0 Å². The van der Waals surface area contributed by atoms with Crippen molar-refractivity contribution in [2.24, 2.45) is 5.92 Å². The maximum absolute atomic E-state index is 13.0. The van der Waals surface area contributed by atoms with Gasteiger partial charge in [0.1, 0.15) is 0 Å². The highest BCUT2D eigenvalue weighted by Gasteiger charge is 2.38. The Bertz CT molecular complexity index is 685. The first kappa shape index (κ1) is 18.8. The molecule has 0 aliphatic carbocycles. The Morgan fingerprint density at radius 2 is 2.15 bits per heavy atom. The van der Waals surface area contributed by atoms with E-state index in [1.54, 1.807) is 4.90 Å². The molecule has 0 unspecified atom stereocenters. The lowest BCUT2D eigenvalue weighted by molar-refractivity contribution is -0.136. The zero-order valence-corrected chi connectivity index (χ0v) is 15.9. The highest BCUT2D eigenvalue weighted by atomic mass is 16.3. The molecule has 1 fully saturated rings. The van der Waals surface area contributed by atoms with Crippen molar-refractivity contribution in [3.8, 4) is 0 Å². The summed E-state index contributed by atoms with van der Waals surface area (Å²) in [5.74, 6) is -0.146. The number of likely N-dealkylation sites (N-methyl/N-ethyl adjacent to an activating group) is 1. The van der Waals surface area contributed by atoms with Crippen molar-refractivity contribution in [1.29, 1.82) is 0 Å². The molecular formula is C18H29N5O3. The standard InChI is InChI=1S/C18H29N5O3/c1-4-23-16-5-6-22(11-14(16)15(12-24)19-23)18(26)13-9-17(25)21(10-13)8-7-20(2)3/h13,24H,4-12H2,1-3H3/t13-/m1/s1. The van der Waals surface area contributed by atoms with Gasteiger partial charge in [-0.25, -0.2) is 0 Å². The van der Waals surface area contributed by atoms with Gasteiger partial charge in [0.15, 0.2) is 0 Å². The van der Waals surface area contributed by atoms with Gasteiger partial charge >= 0.3 is 0 Å². The van der Waals surface area contributed by atoms with Gasteiger partial charge in [-0.3, -0.25) is 14.3 Å². The summed E-state index contributed by atoms with van der Waals surface area (Å²) in [6, 6.07) is 0. The molecule has 2 amide bonds. The molecule has 1 N–H and O–H groups in total. The van der Waals surface area contributed by atoms with Gasteiger partial charge in [-0.1, -0.05) is 0 Å². The first-order valence-electron chi connectivity index (χ1n) is 9.34. The van der Waals surface area contributed by atoms with Gasteiger partial charge in [-0.2, -0.15) is 5.10 Å². The van der Waals surface area contributed by atoms with Crippen molar-refractivity contribution in [2.45, 2.75) is 39.5 Å². The van der Waals surface area contributed by atoms with E-state index in [4.69, 9.17) is 0 Å². The lowest BCUT2D eigenvalue weighted by atomic mass is 10.0. The number of fused-ring (bicyclic) bond motifs is 1. The summed E-state index contributed by atoms with van der Waals surface area (Å²) in [6.07, 6.45) is 1.05. The van der Waals surface area contributed by atoms with E-state index in [9.17, 15) is 14.7 Å². The van der Waals surface area contributed by atoms with Crippen LogP contribution in [0.4, 0.5) is 0 Å². The van der Waals surface area contributed by atoms with Crippen molar-refractivity contribution in [3.63, 3.8) is 0 Å². The zero-order chi connectivity index (χ0) is 18.8. The second-order valence-electron chi connectivity index (χ2n) is 7.40. The number of aryl methyl sites for hydroxylation is 1. The molecular weight excluding hydrogens is 334 g/mol. The predicted molar refractivity (Wildman–Crippen MR) is 96.2 cm³/mol. The lowest BCUT2D eigenvalue weighted by Crippen LogP contribution is -2.41. The SMILES string of the molecule is CCn1nc(CO)c2c1CCN(C(=O)[C@@H]1CC(=O)N(CCN(C)C)C1)C2. The average Bonchev–Trinajstić information content (AvgIpc) is 3.18.